The number of likely N-dealkylation sites (N-methyl/N-ethyl adjacent to an activating group) is 1. The Morgan fingerprint density at radius 2 is 2.00 bits per heavy atom. The molecular formula is C13H20ClN. The summed E-state index contributed by atoms with van der Waals surface area (Å²) in [4.78, 5) is 0. The van der Waals surface area contributed by atoms with Crippen LogP contribution in [0.15, 0.2) is 24.3 Å². The van der Waals surface area contributed by atoms with Crippen LogP contribution in [0.3, 0.4) is 0 Å². The molecule has 0 saturated carbocycles. The van der Waals surface area contributed by atoms with Crippen LogP contribution in [0.25, 0.3) is 0 Å². The third-order valence-electron chi connectivity index (χ3n) is 2.97. The van der Waals surface area contributed by atoms with E-state index in [2.05, 4.69) is 31.3 Å². The summed E-state index contributed by atoms with van der Waals surface area (Å²) >= 11 is 6.19. The second-order valence-electron chi connectivity index (χ2n) is 3.99. The van der Waals surface area contributed by atoms with Crippen molar-refractivity contribution in [2.75, 3.05) is 7.05 Å². The van der Waals surface area contributed by atoms with E-state index >= 15 is 0 Å². The molecule has 1 aromatic rings. The molecule has 0 spiro atoms. The van der Waals surface area contributed by atoms with Gasteiger partial charge in [0.1, 0.15) is 0 Å². The van der Waals surface area contributed by atoms with Crippen molar-refractivity contribution < 1.29 is 0 Å². The van der Waals surface area contributed by atoms with E-state index < -0.39 is 0 Å². The van der Waals surface area contributed by atoms with E-state index in [4.69, 9.17) is 11.6 Å². The molecule has 0 saturated heterocycles. The Kier molecular flexibility index (Phi) is 5.13. The first kappa shape index (κ1) is 12.5. The molecule has 0 heterocycles. The molecule has 2 atom stereocenters. The summed E-state index contributed by atoms with van der Waals surface area (Å²) < 4.78 is 0. The Labute approximate surface area is 97.8 Å². The fourth-order valence-electron chi connectivity index (χ4n) is 2.02. The van der Waals surface area contributed by atoms with E-state index in [1.165, 1.54) is 18.4 Å². The fraction of sp³-hybridized carbons (Fsp3) is 0.538. The van der Waals surface area contributed by atoms with Crippen LogP contribution < -0.4 is 5.32 Å². The van der Waals surface area contributed by atoms with Crippen molar-refractivity contribution in [1.82, 2.24) is 5.32 Å². The highest BCUT2D eigenvalue weighted by molar-refractivity contribution is 6.31. The van der Waals surface area contributed by atoms with Crippen LogP contribution >= 0.6 is 11.6 Å². The minimum Gasteiger partial charge on any atom is -0.316 e. The molecule has 1 N–H and O–H groups in total. The van der Waals surface area contributed by atoms with Gasteiger partial charge in [-0.1, -0.05) is 50.1 Å². The maximum Gasteiger partial charge on any atom is 0.0441 e. The van der Waals surface area contributed by atoms with Gasteiger partial charge in [0.05, 0.1) is 0 Å². The summed E-state index contributed by atoms with van der Waals surface area (Å²) in [7, 11) is 2.02. The average molecular weight is 226 g/mol. The first-order valence-corrected chi connectivity index (χ1v) is 6.00. The summed E-state index contributed by atoms with van der Waals surface area (Å²) in [5, 5.41) is 4.25. The van der Waals surface area contributed by atoms with Gasteiger partial charge in [0.15, 0.2) is 0 Å². The zero-order chi connectivity index (χ0) is 11.3. The van der Waals surface area contributed by atoms with E-state index in [0.717, 1.165) is 5.02 Å². The van der Waals surface area contributed by atoms with Gasteiger partial charge in [0, 0.05) is 11.1 Å². The van der Waals surface area contributed by atoms with Gasteiger partial charge < -0.3 is 5.32 Å². The summed E-state index contributed by atoms with van der Waals surface area (Å²) in [6, 6.07) is 8.62. The van der Waals surface area contributed by atoms with Gasteiger partial charge in [-0.2, -0.15) is 0 Å². The Bertz CT molecular complexity index is 298. The zero-order valence-corrected chi connectivity index (χ0v) is 10.5. The minimum atomic E-state index is 0.462. The largest absolute Gasteiger partial charge is 0.316 e. The van der Waals surface area contributed by atoms with Crippen LogP contribution in [0.2, 0.25) is 5.02 Å². The molecule has 1 aromatic carbocycles. The molecule has 0 aliphatic heterocycles. The second kappa shape index (κ2) is 6.14. The zero-order valence-electron chi connectivity index (χ0n) is 9.76. The van der Waals surface area contributed by atoms with E-state index in [1.54, 1.807) is 0 Å². The van der Waals surface area contributed by atoms with Crippen molar-refractivity contribution in [1.29, 1.82) is 0 Å². The van der Waals surface area contributed by atoms with Crippen LogP contribution in [-0.4, -0.2) is 13.1 Å². The van der Waals surface area contributed by atoms with Crippen molar-refractivity contribution >= 4 is 11.6 Å². The minimum absolute atomic E-state index is 0.462. The lowest BCUT2D eigenvalue weighted by molar-refractivity contribution is 0.451. The van der Waals surface area contributed by atoms with E-state index in [9.17, 15) is 0 Å². The van der Waals surface area contributed by atoms with Crippen LogP contribution in [0.1, 0.15) is 38.2 Å². The Hall–Kier alpha value is -0.530. The molecular weight excluding hydrogens is 206 g/mol. The average Bonchev–Trinajstić information content (AvgIpc) is 2.25. The molecule has 1 nitrogen and oxygen atoms in total. The fourth-order valence-corrected chi connectivity index (χ4v) is 2.32. The lowest BCUT2D eigenvalue weighted by atomic mass is 9.90. The summed E-state index contributed by atoms with van der Waals surface area (Å²) in [6.45, 7) is 4.45. The van der Waals surface area contributed by atoms with Crippen molar-refractivity contribution in [2.24, 2.45) is 0 Å². The van der Waals surface area contributed by atoms with Gasteiger partial charge in [-0.15, -0.1) is 0 Å². The number of hydrogen-bond acceptors (Lipinski definition) is 1. The lowest BCUT2D eigenvalue weighted by Gasteiger charge is -2.24. The quantitative estimate of drug-likeness (QED) is 0.803. The van der Waals surface area contributed by atoms with Gasteiger partial charge in [0.2, 0.25) is 0 Å². The van der Waals surface area contributed by atoms with E-state index in [0.29, 0.717) is 12.0 Å². The number of benzene rings is 1. The summed E-state index contributed by atoms with van der Waals surface area (Å²) in [5.41, 5.74) is 1.24. The highest BCUT2D eigenvalue weighted by Gasteiger charge is 2.17. The number of hydrogen-bond donors (Lipinski definition) is 1. The van der Waals surface area contributed by atoms with Crippen LogP contribution in [0.5, 0.6) is 0 Å². The predicted octanol–water partition coefficient (Wildman–Crippen LogP) is 3.83. The van der Waals surface area contributed by atoms with Crippen LogP contribution in [0.4, 0.5) is 0 Å². The number of rotatable bonds is 5. The van der Waals surface area contributed by atoms with Crippen molar-refractivity contribution in [3.63, 3.8) is 0 Å². The standard InChI is InChI=1S/C13H20ClN/c1-4-7-13(15-3)10(2)11-8-5-6-9-12(11)14/h5-6,8-10,13,15H,4,7H2,1-3H3. The molecule has 15 heavy (non-hydrogen) atoms. The topological polar surface area (TPSA) is 12.0 Å². The summed E-state index contributed by atoms with van der Waals surface area (Å²) in [6.07, 6.45) is 2.38. The van der Waals surface area contributed by atoms with E-state index in [-0.39, 0.29) is 0 Å². The molecule has 0 fully saturated rings. The Morgan fingerprint density at radius 1 is 1.33 bits per heavy atom. The van der Waals surface area contributed by atoms with Gasteiger partial charge in [0.25, 0.3) is 0 Å². The smallest absolute Gasteiger partial charge is 0.0441 e. The first-order valence-electron chi connectivity index (χ1n) is 5.62. The van der Waals surface area contributed by atoms with Crippen molar-refractivity contribution in [3.8, 4) is 0 Å². The molecule has 0 aliphatic rings. The van der Waals surface area contributed by atoms with Gasteiger partial charge >= 0.3 is 0 Å². The van der Waals surface area contributed by atoms with Crippen molar-refractivity contribution in [3.05, 3.63) is 34.9 Å². The highest BCUT2D eigenvalue weighted by Crippen LogP contribution is 2.28. The molecule has 1 rings (SSSR count). The SMILES string of the molecule is CCCC(NC)C(C)c1ccccc1Cl. The highest BCUT2D eigenvalue weighted by atomic mass is 35.5. The molecule has 0 aromatic heterocycles. The molecule has 2 unspecified atom stereocenters. The van der Waals surface area contributed by atoms with E-state index in [1.807, 2.05) is 19.2 Å². The normalized spacial score (nSPS) is 14.9. The maximum atomic E-state index is 6.19. The molecule has 0 amide bonds. The number of nitrogens with one attached hydrogen (secondary N) is 1. The monoisotopic (exact) mass is 225 g/mol. The lowest BCUT2D eigenvalue weighted by Crippen LogP contribution is -2.30. The van der Waals surface area contributed by atoms with Gasteiger partial charge in [-0.3, -0.25) is 0 Å². The molecule has 0 aliphatic carbocycles. The Balaban J connectivity index is 2.82. The second-order valence-corrected chi connectivity index (χ2v) is 4.40. The molecule has 84 valence electrons. The van der Waals surface area contributed by atoms with Gasteiger partial charge in [-0.25, -0.2) is 0 Å². The van der Waals surface area contributed by atoms with Crippen molar-refractivity contribution in [2.45, 2.75) is 38.6 Å². The first-order chi connectivity index (χ1) is 7.20. The molecule has 0 bridgehead atoms. The predicted molar refractivity (Wildman–Crippen MR) is 67.6 cm³/mol. The third kappa shape index (κ3) is 3.22. The molecule has 0 radical (unpaired) electrons. The number of halogens is 1. The van der Waals surface area contributed by atoms with Gasteiger partial charge in [-0.05, 0) is 31.0 Å². The maximum absolute atomic E-state index is 6.19. The summed E-state index contributed by atoms with van der Waals surface area (Å²) in [5.74, 6) is 0.462. The third-order valence-corrected chi connectivity index (χ3v) is 3.31. The molecule has 2 heteroatoms. The Morgan fingerprint density at radius 3 is 2.53 bits per heavy atom. The van der Waals surface area contributed by atoms with Crippen LogP contribution in [0, 0.1) is 0 Å². The van der Waals surface area contributed by atoms with Crippen LogP contribution in [-0.2, 0) is 0 Å².